The highest BCUT2D eigenvalue weighted by Crippen LogP contribution is 2.39. The van der Waals surface area contributed by atoms with Gasteiger partial charge >= 0.3 is 0 Å². The average Bonchev–Trinajstić information content (AvgIpc) is 2.98. The van der Waals surface area contributed by atoms with E-state index in [0.29, 0.717) is 11.0 Å². The van der Waals surface area contributed by atoms with E-state index >= 15 is 0 Å². The molecule has 2 heterocycles. The summed E-state index contributed by atoms with van der Waals surface area (Å²) < 4.78 is 0. The van der Waals surface area contributed by atoms with E-state index in [2.05, 4.69) is 17.3 Å². The predicted octanol–water partition coefficient (Wildman–Crippen LogP) is 1.98. The molecule has 0 unspecified atom stereocenters. The fraction of sp³-hybridized carbons (Fsp3) is 0.600. The van der Waals surface area contributed by atoms with Crippen molar-refractivity contribution in [1.82, 2.24) is 15.1 Å². The number of carbonyl (C=O) groups is 2. The van der Waals surface area contributed by atoms with E-state index in [1.807, 2.05) is 36.9 Å². The summed E-state index contributed by atoms with van der Waals surface area (Å²) in [5.74, 6) is -0.137. The number of nitrogens with one attached hydrogen (secondary N) is 1. The summed E-state index contributed by atoms with van der Waals surface area (Å²) in [5.41, 5.74) is 3.04. The Morgan fingerprint density at radius 2 is 1.64 bits per heavy atom. The number of hydrogen-bond acceptors (Lipinski definition) is 3. The minimum absolute atomic E-state index is 0.0357. The molecule has 2 aliphatic heterocycles. The van der Waals surface area contributed by atoms with Crippen LogP contribution < -0.4 is 5.32 Å². The molecule has 136 valence electrons. The molecule has 5 heteroatoms. The molecule has 0 radical (unpaired) electrons. The third-order valence-electron chi connectivity index (χ3n) is 5.72. The van der Waals surface area contributed by atoms with Gasteiger partial charge in [-0.15, -0.1) is 0 Å². The molecule has 25 heavy (non-hydrogen) atoms. The van der Waals surface area contributed by atoms with Crippen molar-refractivity contribution in [3.8, 4) is 0 Å². The lowest BCUT2D eigenvalue weighted by molar-refractivity contribution is -0.129. The van der Waals surface area contributed by atoms with Gasteiger partial charge in [0.05, 0.1) is 6.54 Å². The number of hydrogen-bond donors (Lipinski definition) is 1. The summed E-state index contributed by atoms with van der Waals surface area (Å²) in [6, 6.07) is 5.75. The van der Waals surface area contributed by atoms with E-state index in [1.54, 1.807) is 0 Å². The van der Waals surface area contributed by atoms with E-state index in [4.69, 9.17) is 0 Å². The summed E-state index contributed by atoms with van der Waals surface area (Å²) in [5, 5.41) is 2.79. The SMILES string of the molecule is Cc1cc(C)cc(C(=O)NCC(=O)N2CCC3(CCN(C)CC3)C2)c1. The maximum Gasteiger partial charge on any atom is 0.251 e. The van der Waals surface area contributed by atoms with Crippen LogP contribution in [0.3, 0.4) is 0 Å². The van der Waals surface area contributed by atoms with Gasteiger partial charge in [-0.1, -0.05) is 17.2 Å². The second-order valence-electron chi connectivity index (χ2n) is 7.93. The summed E-state index contributed by atoms with van der Waals surface area (Å²) in [7, 11) is 2.16. The lowest BCUT2D eigenvalue weighted by Crippen LogP contribution is -2.43. The highest BCUT2D eigenvalue weighted by atomic mass is 16.2. The van der Waals surface area contributed by atoms with Crippen molar-refractivity contribution >= 4 is 11.8 Å². The molecule has 2 aliphatic rings. The van der Waals surface area contributed by atoms with E-state index < -0.39 is 0 Å². The maximum atomic E-state index is 12.5. The predicted molar refractivity (Wildman–Crippen MR) is 98.6 cm³/mol. The van der Waals surface area contributed by atoms with Gasteiger partial charge in [0.1, 0.15) is 0 Å². The number of carbonyl (C=O) groups excluding carboxylic acids is 2. The molecule has 1 N–H and O–H groups in total. The average molecular weight is 343 g/mol. The van der Waals surface area contributed by atoms with Crippen LogP contribution in [-0.4, -0.2) is 61.4 Å². The third kappa shape index (κ3) is 4.21. The van der Waals surface area contributed by atoms with Crippen molar-refractivity contribution in [2.75, 3.05) is 39.8 Å². The van der Waals surface area contributed by atoms with Gasteiger partial charge in [-0.2, -0.15) is 0 Å². The first-order chi connectivity index (χ1) is 11.9. The van der Waals surface area contributed by atoms with E-state index in [1.165, 1.54) is 12.8 Å². The standard InChI is InChI=1S/C20H29N3O2/c1-15-10-16(2)12-17(11-15)19(25)21-13-18(24)23-9-6-20(14-23)4-7-22(3)8-5-20/h10-12H,4-9,13-14H2,1-3H3,(H,21,25). The van der Waals surface area contributed by atoms with Crippen LogP contribution in [0.2, 0.25) is 0 Å². The number of aryl methyl sites for hydroxylation is 2. The largest absolute Gasteiger partial charge is 0.343 e. The molecule has 0 aromatic heterocycles. The zero-order chi connectivity index (χ0) is 18.0. The van der Waals surface area contributed by atoms with E-state index in [9.17, 15) is 9.59 Å². The first-order valence-electron chi connectivity index (χ1n) is 9.20. The van der Waals surface area contributed by atoms with Crippen molar-refractivity contribution in [2.24, 2.45) is 5.41 Å². The summed E-state index contributed by atoms with van der Waals surface area (Å²) in [6.07, 6.45) is 3.43. The monoisotopic (exact) mass is 343 g/mol. The highest BCUT2D eigenvalue weighted by molar-refractivity contribution is 5.96. The van der Waals surface area contributed by atoms with Crippen LogP contribution in [0.4, 0.5) is 0 Å². The van der Waals surface area contributed by atoms with Crippen LogP contribution in [-0.2, 0) is 4.79 Å². The highest BCUT2D eigenvalue weighted by Gasteiger charge is 2.41. The molecule has 1 aromatic carbocycles. The quantitative estimate of drug-likeness (QED) is 0.913. The fourth-order valence-electron chi connectivity index (χ4n) is 4.12. The minimum atomic E-state index is -0.173. The Morgan fingerprint density at radius 1 is 1.04 bits per heavy atom. The smallest absolute Gasteiger partial charge is 0.251 e. The van der Waals surface area contributed by atoms with Crippen molar-refractivity contribution in [3.05, 3.63) is 34.9 Å². The molecule has 1 aromatic rings. The van der Waals surface area contributed by atoms with Crippen LogP contribution in [0.5, 0.6) is 0 Å². The van der Waals surface area contributed by atoms with Crippen LogP contribution in [0.1, 0.15) is 40.7 Å². The molecule has 0 atom stereocenters. The molecular formula is C20H29N3O2. The van der Waals surface area contributed by atoms with Crippen molar-refractivity contribution in [1.29, 1.82) is 0 Å². The Kier molecular flexibility index (Phi) is 5.13. The Balaban J connectivity index is 1.52. The van der Waals surface area contributed by atoms with Gasteiger partial charge in [0.25, 0.3) is 5.91 Å². The number of nitrogens with zero attached hydrogens (tertiary/aromatic N) is 2. The Hall–Kier alpha value is -1.88. The molecule has 0 saturated carbocycles. The first kappa shape index (κ1) is 17.9. The molecule has 2 saturated heterocycles. The van der Waals surface area contributed by atoms with Crippen LogP contribution in [0.25, 0.3) is 0 Å². The van der Waals surface area contributed by atoms with E-state index in [-0.39, 0.29) is 18.4 Å². The summed E-state index contributed by atoms with van der Waals surface area (Å²) in [6.45, 7) is 7.93. The van der Waals surface area contributed by atoms with Gasteiger partial charge in [-0.25, -0.2) is 0 Å². The van der Waals surface area contributed by atoms with Crippen molar-refractivity contribution in [3.63, 3.8) is 0 Å². The third-order valence-corrected chi connectivity index (χ3v) is 5.72. The van der Waals surface area contributed by atoms with Gasteiger partial charge in [0, 0.05) is 18.7 Å². The van der Waals surface area contributed by atoms with Crippen LogP contribution in [0.15, 0.2) is 18.2 Å². The minimum Gasteiger partial charge on any atom is -0.343 e. The lowest BCUT2D eigenvalue weighted by atomic mass is 9.78. The molecule has 5 nitrogen and oxygen atoms in total. The summed E-state index contributed by atoms with van der Waals surface area (Å²) >= 11 is 0. The maximum absolute atomic E-state index is 12.5. The molecule has 1 spiro atoms. The molecular weight excluding hydrogens is 314 g/mol. The van der Waals surface area contributed by atoms with Crippen molar-refractivity contribution < 1.29 is 9.59 Å². The Bertz CT molecular complexity index is 643. The molecule has 0 aliphatic carbocycles. The first-order valence-corrected chi connectivity index (χ1v) is 9.20. The second-order valence-corrected chi connectivity index (χ2v) is 7.93. The van der Waals surface area contributed by atoms with Gasteiger partial charge < -0.3 is 15.1 Å². The fourth-order valence-corrected chi connectivity index (χ4v) is 4.12. The number of likely N-dealkylation sites (tertiary alicyclic amines) is 2. The number of benzene rings is 1. The topological polar surface area (TPSA) is 52.7 Å². The van der Waals surface area contributed by atoms with Gasteiger partial charge in [0.15, 0.2) is 0 Å². The van der Waals surface area contributed by atoms with Gasteiger partial charge in [-0.05, 0) is 70.8 Å². The molecule has 3 rings (SSSR count). The lowest BCUT2D eigenvalue weighted by Gasteiger charge is -2.37. The number of rotatable bonds is 3. The number of amides is 2. The zero-order valence-electron chi connectivity index (χ0n) is 15.6. The normalized spacial score (nSPS) is 20.0. The number of piperidine rings is 1. The zero-order valence-corrected chi connectivity index (χ0v) is 15.6. The summed E-state index contributed by atoms with van der Waals surface area (Å²) in [4.78, 5) is 29.1. The molecule has 2 amide bonds. The van der Waals surface area contributed by atoms with Crippen LogP contribution in [0, 0.1) is 19.3 Å². The van der Waals surface area contributed by atoms with Crippen molar-refractivity contribution in [2.45, 2.75) is 33.1 Å². The Morgan fingerprint density at radius 3 is 2.28 bits per heavy atom. The Labute approximate surface area is 150 Å². The van der Waals surface area contributed by atoms with Gasteiger partial charge in [0.2, 0.25) is 5.91 Å². The molecule has 2 fully saturated rings. The van der Waals surface area contributed by atoms with Crippen LogP contribution >= 0.6 is 0 Å². The van der Waals surface area contributed by atoms with E-state index in [0.717, 1.165) is 43.7 Å². The molecule has 0 bridgehead atoms. The van der Waals surface area contributed by atoms with Gasteiger partial charge in [-0.3, -0.25) is 9.59 Å². The second kappa shape index (κ2) is 7.16.